The molecule has 1 unspecified atom stereocenters. The number of nitrogens with zero attached hydrogens (tertiary/aromatic N) is 3. The molecule has 1 aliphatic rings. The van der Waals surface area contributed by atoms with Crippen LogP contribution in [0.15, 0.2) is 27.8 Å². The molecular formula is C21H39N5O2. The minimum absolute atomic E-state index is 0.574. The molecule has 0 bridgehead atoms. The van der Waals surface area contributed by atoms with Crippen LogP contribution >= 0.6 is 0 Å². The fraction of sp³-hybridized carbons (Fsp3) is 0.762. The second kappa shape index (κ2) is 13.6. The lowest BCUT2D eigenvalue weighted by Crippen LogP contribution is -2.43. The first-order valence-electron chi connectivity index (χ1n) is 10.7. The SMILES string of the molecule is CCN1CCCC1CN=C(NCCc1ccco1)NCCN(C)CCCOC. The second-order valence-corrected chi connectivity index (χ2v) is 7.45. The van der Waals surface area contributed by atoms with Crippen LogP contribution in [-0.4, -0.2) is 88.4 Å². The zero-order chi connectivity index (χ0) is 20.0. The number of hydrogen-bond donors (Lipinski definition) is 2. The van der Waals surface area contributed by atoms with Gasteiger partial charge in [0, 0.05) is 52.4 Å². The molecule has 2 N–H and O–H groups in total. The first-order chi connectivity index (χ1) is 13.7. The molecule has 0 radical (unpaired) electrons. The van der Waals surface area contributed by atoms with Crippen molar-refractivity contribution >= 4 is 5.96 Å². The van der Waals surface area contributed by atoms with E-state index >= 15 is 0 Å². The highest BCUT2D eigenvalue weighted by Gasteiger charge is 2.22. The number of furan rings is 1. The van der Waals surface area contributed by atoms with E-state index in [2.05, 4.69) is 34.4 Å². The van der Waals surface area contributed by atoms with E-state index in [1.54, 1.807) is 13.4 Å². The van der Waals surface area contributed by atoms with Gasteiger partial charge < -0.3 is 24.7 Å². The Morgan fingerprint density at radius 1 is 1.36 bits per heavy atom. The summed E-state index contributed by atoms with van der Waals surface area (Å²) in [6, 6.07) is 4.52. The summed E-state index contributed by atoms with van der Waals surface area (Å²) in [4.78, 5) is 9.74. The first kappa shape index (κ1) is 22.7. The zero-order valence-corrected chi connectivity index (χ0v) is 18.0. The number of methoxy groups -OCH3 is 1. The van der Waals surface area contributed by atoms with E-state index in [9.17, 15) is 0 Å². The highest BCUT2D eigenvalue weighted by Crippen LogP contribution is 2.16. The third kappa shape index (κ3) is 8.63. The number of guanidine groups is 1. The third-order valence-electron chi connectivity index (χ3n) is 5.28. The molecule has 1 aromatic rings. The Hall–Kier alpha value is -1.57. The van der Waals surface area contributed by atoms with Gasteiger partial charge in [-0.15, -0.1) is 0 Å². The average molecular weight is 394 g/mol. The number of nitrogens with one attached hydrogen (secondary N) is 2. The first-order valence-corrected chi connectivity index (χ1v) is 10.7. The molecule has 0 aromatic carbocycles. The van der Waals surface area contributed by atoms with Gasteiger partial charge in [0.25, 0.3) is 0 Å². The van der Waals surface area contributed by atoms with Crippen molar-refractivity contribution in [1.82, 2.24) is 20.4 Å². The van der Waals surface area contributed by atoms with Crippen molar-refractivity contribution in [3.8, 4) is 0 Å². The lowest BCUT2D eigenvalue weighted by molar-refractivity contribution is 0.180. The minimum Gasteiger partial charge on any atom is -0.469 e. The van der Waals surface area contributed by atoms with Gasteiger partial charge in [0.1, 0.15) is 5.76 Å². The maximum absolute atomic E-state index is 5.42. The van der Waals surface area contributed by atoms with E-state index in [0.29, 0.717) is 6.04 Å². The normalized spacial score (nSPS) is 18.1. The van der Waals surface area contributed by atoms with Crippen molar-refractivity contribution < 1.29 is 9.15 Å². The van der Waals surface area contributed by atoms with Crippen molar-refractivity contribution in [2.75, 3.05) is 66.6 Å². The maximum Gasteiger partial charge on any atom is 0.191 e. The predicted molar refractivity (Wildman–Crippen MR) is 115 cm³/mol. The molecule has 28 heavy (non-hydrogen) atoms. The summed E-state index contributed by atoms with van der Waals surface area (Å²) in [5.74, 6) is 1.90. The van der Waals surface area contributed by atoms with Gasteiger partial charge in [-0.05, 0) is 51.5 Å². The molecule has 160 valence electrons. The summed E-state index contributed by atoms with van der Waals surface area (Å²) >= 11 is 0. The fourth-order valence-corrected chi connectivity index (χ4v) is 3.60. The van der Waals surface area contributed by atoms with E-state index in [0.717, 1.165) is 70.4 Å². The van der Waals surface area contributed by atoms with Crippen molar-refractivity contribution in [2.45, 2.75) is 38.6 Å². The number of aliphatic imine (C=N–C) groups is 1. The summed E-state index contributed by atoms with van der Waals surface area (Å²) in [6.07, 6.45) is 6.18. The number of likely N-dealkylation sites (N-methyl/N-ethyl adjacent to an activating group) is 2. The Balaban J connectivity index is 1.77. The van der Waals surface area contributed by atoms with Gasteiger partial charge in [0.15, 0.2) is 5.96 Å². The Labute approximate surface area is 170 Å². The molecule has 1 fully saturated rings. The van der Waals surface area contributed by atoms with Crippen LogP contribution in [0.4, 0.5) is 0 Å². The zero-order valence-electron chi connectivity index (χ0n) is 18.0. The quantitative estimate of drug-likeness (QED) is 0.303. The maximum atomic E-state index is 5.42. The summed E-state index contributed by atoms with van der Waals surface area (Å²) in [6.45, 7) is 9.93. The van der Waals surface area contributed by atoms with E-state index < -0.39 is 0 Å². The van der Waals surface area contributed by atoms with E-state index in [1.165, 1.54) is 19.4 Å². The second-order valence-electron chi connectivity index (χ2n) is 7.45. The van der Waals surface area contributed by atoms with Crippen LogP contribution in [0.2, 0.25) is 0 Å². The van der Waals surface area contributed by atoms with E-state index in [1.807, 2.05) is 12.1 Å². The van der Waals surface area contributed by atoms with Gasteiger partial charge in [-0.1, -0.05) is 6.92 Å². The van der Waals surface area contributed by atoms with Crippen molar-refractivity contribution in [1.29, 1.82) is 0 Å². The van der Waals surface area contributed by atoms with E-state index in [4.69, 9.17) is 14.1 Å². The lowest BCUT2D eigenvalue weighted by atomic mass is 10.2. The lowest BCUT2D eigenvalue weighted by Gasteiger charge is -2.22. The molecule has 2 rings (SSSR count). The van der Waals surface area contributed by atoms with Gasteiger partial charge in [-0.2, -0.15) is 0 Å². The van der Waals surface area contributed by atoms with Gasteiger partial charge in [0.05, 0.1) is 12.8 Å². The van der Waals surface area contributed by atoms with Crippen LogP contribution in [0.5, 0.6) is 0 Å². The molecule has 0 aliphatic carbocycles. The molecule has 7 nitrogen and oxygen atoms in total. The topological polar surface area (TPSA) is 65.3 Å². The highest BCUT2D eigenvalue weighted by molar-refractivity contribution is 5.79. The molecule has 0 amide bonds. The monoisotopic (exact) mass is 393 g/mol. The molecule has 2 heterocycles. The van der Waals surface area contributed by atoms with Crippen LogP contribution in [0, 0.1) is 0 Å². The van der Waals surface area contributed by atoms with Gasteiger partial charge in [-0.3, -0.25) is 9.89 Å². The molecule has 1 saturated heterocycles. The largest absolute Gasteiger partial charge is 0.469 e. The Bertz CT molecular complexity index is 535. The third-order valence-corrected chi connectivity index (χ3v) is 5.28. The Morgan fingerprint density at radius 3 is 2.96 bits per heavy atom. The number of likely N-dealkylation sites (tertiary alicyclic amines) is 1. The molecule has 1 atom stereocenters. The van der Waals surface area contributed by atoms with Crippen LogP contribution in [0.3, 0.4) is 0 Å². The molecule has 1 aliphatic heterocycles. The Morgan fingerprint density at radius 2 is 2.21 bits per heavy atom. The van der Waals surface area contributed by atoms with Crippen molar-refractivity contribution in [3.05, 3.63) is 24.2 Å². The van der Waals surface area contributed by atoms with E-state index in [-0.39, 0.29) is 0 Å². The summed E-state index contributed by atoms with van der Waals surface area (Å²) in [5, 5.41) is 6.96. The molecule has 7 heteroatoms. The number of ether oxygens (including phenoxy) is 1. The molecular weight excluding hydrogens is 354 g/mol. The molecule has 1 aromatic heterocycles. The average Bonchev–Trinajstić information content (AvgIpc) is 3.37. The molecule has 0 saturated carbocycles. The van der Waals surface area contributed by atoms with Gasteiger partial charge in [0.2, 0.25) is 0 Å². The van der Waals surface area contributed by atoms with Gasteiger partial charge in [-0.25, -0.2) is 0 Å². The predicted octanol–water partition coefficient (Wildman–Crippen LogP) is 1.81. The van der Waals surface area contributed by atoms with Gasteiger partial charge >= 0.3 is 0 Å². The van der Waals surface area contributed by atoms with Crippen LogP contribution < -0.4 is 10.6 Å². The number of rotatable bonds is 13. The summed E-state index contributed by atoms with van der Waals surface area (Å²) in [5.41, 5.74) is 0. The van der Waals surface area contributed by atoms with Crippen LogP contribution in [0.1, 0.15) is 31.9 Å². The fourth-order valence-electron chi connectivity index (χ4n) is 3.60. The standard InChI is InChI=1S/C21H39N5O2/c1-4-26-14-5-8-19(26)18-24-21(22-11-10-20-9-6-17-28-20)23-12-15-25(2)13-7-16-27-3/h6,9,17,19H,4-5,7-8,10-16,18H2,1-3H3,(H2,22,23,24). The minimum atomic E-state index is 0.574. The Kier molecular flexibility index (Phi) is 11.0. The number of hydrogen-bond acceptors (Lipinski definition) is 5. The smallest absolute Gasteiger partial charge is 0.191 e. The van der Waals surface area contributed by atoms with Crippen molar-refractivity contribution in [2.24, 2.45) is 4.99 Å². The highest BCUT2D eigenvalue weighted by atomic mass is 16.5. The summed E-state index contributed by atoms with van der Waals surface area (Å²) < 4.78 is 10.5. The van der Waals surface area contributed by atoms with Crippen LogP contribution in [0.25, 0.3) is 0 Å². The van der Waals surface area contributed by atoms with Crippen LogP contribution in [-0.2, 0) is 11.2 Å². The molecule has 0 spiro atoms. The summed E-state index contributed by atoms with van der Waals surface area (Å²) in [7, 11) is 3.90. The van der Waals surface area contributed by atoms with Crippen molar-refractivity contribution in [3.63, 3.8) is 0 Å².